The number of anilines is 1. The second kappa shape index (κ2) is 9.23. The molecule has 0 aliphatic rings. The summed E-state index contributed by atoms with van der Waals surface area (Å²) in [5.41, 5.74) is 2.23. The van der Waals surface area contributed by atoms with Crippen LogP contribution in [0.5, 0.6) is 0 Å². The topological polar surface area (TPSA) is 94.3 Å². The zero-order valence-corrected chi connectivity index (χ0v) is 18.5. The van der Waals surface area contributed by atoms with Gasteiger partial charge >= 0.3 is 5.97 Å². The van der Waals surface area contributed by atoms with Gasteiger partial charge in [0.25, 0.3) is 5.91 Å². The van der Waals surface area contributed by atoms with Crippen molar-refractivity contribution < 1.29 is 18.7 Å². The molecule has 3 aromatic heterocycles. The molecule has 1 atom stereocenters. The van der Waals surface area contributed by atoms with Crippen LogP contribution >= 0.6 is 22.7 Å². The van der Waals surface area contributed by atoms with Gasteiger partial charge < -0.3 is 9.15 Å². The smallest absolute Gasteiger partial charge is 0.312 e. The molecule has 0 radical (unpaired) electrons. The molecule has 0 fully saturated rings. The van der Waals surface area contributed by atoms with E-state index in [2.05, 4.69) is 15.3 Å². The zero-order valence-electron chi connectivity index (χ0n) is 16.8. The lowest BCUT2D eigenvalue weighted by molar-refractivity contribution is -0.152. The summed E-state index contributed by atoms with van der Waals surface area (Å²) in [6.07, 6.45) is -1.05. The van der Waals surface area contributed by atoms with Crippen LogP contribution in [0, 0.1) is 6.92 Å². The van der Waals surface area contributed by atoms with Crippen LogP contribution < -0.4 is 5.32 Å². The summed E-state index contributed by atoms with van der Waals surface area (Å²) in [6.45, 7) is 3.27. The van der Waals surface area contributed by atoms with Crippen LogP contribution in [0.4, 0.5) is 5.13 Å². The second-order valence-electron chi connectivity index (χ2n) is 6.70. The highest BCUT2D eigenvalue weighted by atomic mass is 32.1. The Balaban J connectivity index is 1.33. The van der Waals surface area contributed by atoms with Gasteiger partial charge in [0.15, 0.2) is 11.2 Å². The van der Waals surface area contributed by atoms with Crippen molar-refractivity contribution in [3.63, 3.8) is 0 Å². The van der Waals surface area contributed by atoms with Gasteiger partial charge in [-0.25, -0.2) is 9.97 Å². The highest BCUT2D eigenvalue weighted by molar-refractivity contribution is 7.14. The average molecular weight is 454 g/mol. The third-order valence-corrected chi connectivity index (χ3v) is 6.03. The van der Waals surface area contributed by atoms with E-state index in [1.807, 2.05) is 53.2 Å². The van der Waals surface area contributed by atoms with Gasteiger partial charge in [0, 0.05) is 10.9 Å². The van der Waals surface area contributed by atoms with Crippen molar-refractivity contribution in [2.45, 2.75) is 26.4 Å². The maximum atomic E-state index is 12.4. The molecule has 3 heterocycles. The van der Waals surface area contributed by atoms with Gasteiger partial charge in [-0.1, -0.05) is 36.4 Å². The Morgan fingerprint density at radius 1 is 1.13 bits per heavy atom. The van der Waals surface area contributed by atoms with E-state index in [0.29, 0.717) is 22.5 Å². The van der Waals surface area contributed by atoms with Gasteiger partial charge in [0.1, 0.15) is 5.76 Å². The summed E-state index contributed by atoms with van der Waals surface area (Å²) in [5, 5.41) is 6.92. The molecule has 1 aromatic carbocycles. The fourth-order valence-electron chi connectivity index (χ4n) is 2.81. The first-order valence-corrected chi connectivity index (χ1v) is 11.3. The molecule has 4 aromatic rings. The number of aryl methyl sites for hydroxylation is 1. The minimum absolute atomic E-state index is 0.0757. The number of aromatic nitrogens is 2. The van der Waals surface area contributed by atoms with Crippen LogP contribution in [0.15, 0.2) is 57.6 Å². The predicted octanol–water partition coefficient (Wildman–Crippen LogP) is 4.95. The molecule has 0 aliphatic carbocycles. The van der Waals surface area contributed by atoms with Crippen LogP contribution in [0.3, 0.4) is 0 Å². The fourth-order valence-corrected chi connectivity index (χ4v) is 4.18. The van der Waals surface area contributed by atoms with E-state index >= 15 is 0 Å². The van der Waals surface area contributed by atoms with Crippen molar-refractivity contribution in [1.29, 1.82) is 0 Å². The number of nitrogens with zero attached hydrogens (tertiary/aromatic N) is 2. The molecule has 0 bridgehead atoms. The van der Waals surface area contributed by atoms with Crippen molar-refractivity contribution >= 4 is 39.7 Å². The third kappa shape index (κ3) is 5.07. The zero-order chi connectivity index (χ0) is 21.8. The Labute approximate surface area is 186 Å². The SMILES string of the molecule is Cc1oc(-c2cccs2)nc1CC(=O)OC(C)C(=O)Nc1nc(-c2ccccc2)cs1. The van der Waals surface area contributed by atoms with E-state index in [-0.39, 0.29) is 6.42 Å². The molecule has 0 aliphatic heterocycles. The number of thiazole rings is 1. The molecule has 9 heteroatoms. The first kappa shape index (κ1) is 21.0. The van der Waals surface area contributed by atoms with Gasteiger partial charge in [-0.05, 0) is 25.3 Å². The van der Waals surface area contributed by atoms with Crippen molar-refractivity contribution in [2.24, 2.45) is 0 Å². The molecule has 1 unspecified atom stereocenters. The highest BCUT2D eigenvalue weighted by Crippen LogP contribution is 2.27. The van der Waals surface area contributed by atoms with E-state index in [4.69, 9.17) is 9.15 Å². The third-order valence-electron chi connectivity index (χ3n) is 4.42. The second-order valence-corrected chi connectivity index (χ2v) is 8.51. The molecule has 31 heavy (non-hydrogen) atoms. The highest BCUT2D eigenvalue weighted by Gasteiger charge is 2.22. The molecule has 7 nitrogen and oxygen atoms in total. The summed E-state index contributed by atoms with van der Waals surface area (Å²) in [7, 11) is 0. The molecule has 1 amide bonds. The maximum absolute atomic E-state index is 12.4. The molecular formula is C22H19N3O4S2. The Morgan fingerprint density at radius 3 is 2.68 bits per heavy atom. The Kier molecular flexibility index (Phi) is 6.24. The number of benzene rings is 1. The van der Waals surface area contributed by atoms with Gasteiger partial charge in [0.05, 0.1) is 22.7 Å². The summed E-state index contributed by atoms with van der Waals surface area (Å²) >= 11 is 2.81. The minimum Gasteiger partial charge on any atom is -0.452 e. The summed E-state index contributed by atoms with van der Waals surface area (Å²) in [4.78, 5) is 34.4. The lowest BCUT2D eigenvalue weighted by Gasteiger charge is -2.11. The maximum Gasteiger partial charge on any atom is 0.312 e. The number of nitrogens with one attached hydrogen (secondary N) is 1. The van der Waals surface area contributed by atoms with E-state index < -0.39 is 18.0 Å². The van der Waals surface area contributed by atoms with Crippen molar-refractivity contribution in [3.05, 3.63) is 64.7 Å². The number of hydrogen-bond donors (Lipinski definition) is 1. The van der Waals surface area contributed by atoms with Crippen LogP contribution in [-0.2, 0) is 20.7 Å². The molecule has 0 saturated heterocycles. The van der Waals surface area contributed by atoms with Crippen LogP contribution in [0.25, 0.3) is 22.0 Å². The summed E-state index contributed by atoms with van der Waals surface area (Å²) < 4.78 is 10.9. The normalized spacial score (nSPS) is 11.8. The number of hydrogen-bond acceptors (Lipinski definition) is 8. The van der Waals surface area contributed by atoms with Gasteiger partial charge in [-0.15, -0.1) is 22.7 Å². The molecular weight excluding hydrogens is 434 g/mol. The van der Waals surface area contributed by atoms with Crippen LogP contribution in [0.2, 0.25) is 0 Å². The molecule has 1 N–H and O–H groups in total. The lowest BCUT2D eigenvalue weighted by atomic mass is 10.2. The van der Waals surface area contributed by atoms with Gasteiger partial charge in [0.2, 0.25) is 5.89 Å². The number of oxazole rings is 1. The first-order valence-electron chi connectivity index (χ1n) is 9.51. The largest absolute Gasteiger partial charge is 0.452 e. The van der Waals surface area contributed by atoms with Crippen LogP contribution in [0.1, 0.15) is 18.4 Å². The standard InChI is InChI=1S/C22H19N3O4S2/c1-13-16(23-21(29-13)18-9-6-10-30-18)11-19(26)28-14(2)20(27)25-22-24-17(12-31-22)15-7-4-3-5-8-15/h3-10,12,14H,11H2,1-2H3,(H,24,25,27). The quantitative estimate of drug-likeness (QED) is 0.398. The molecule has 0 saturated carbocycles. The van der Waals surface area contributed by atoms with Gasteiger partial charge in [-0.2, -0.15) is 0 Å². The molecule has 0 spiro atoms. The molecule has 158 valence electrons. The number of carbonyl (C=O) groups excluding carboxylic acids is 2. The number of thiophene rings is 1. The predicted molar refractivity (Wildman–Crippen MR) is 120 cm³/mol. The van der Waals surface area contributed by atoms with E-state index in [9.17, 15) is 9.59 Å². The molecule has 4 rings (SSSR count). The minimum atomic E-state index is -0.972. The number of amides is 1. The van der Waals surface area contributed by atoms with Gasteiger partial charge in [-0.3, -0.25) is 14.9 Å². The van der Waals surface area contributed by atoms with Crippen molar-refractivity contribution in [1.82, 2.24) is 9.97 Å². The Morgan fingerprint density at radius 2 is 1.94 bits per heavy atom. The lowest BCUT2D eigenvalue weighted by Crippen LogP contribution is -2.30. The Hall–Kier alpha value is -3.30. The number of esters is 1. The average Bonchev–Trinajstić information content (AvgIpc) is 3.51. The van der Waals surface area contributed by atoms with Crippen molar-refractivity contribution in [2.75, 3.05) is 5.32 Å². The number of carbonyl (C=O) groups is 2. The number of ether oxygens (including phenoxy) is 1. The number of rotatable bonds is 7. The van der Waals surface area contributed by atoms with Crippen molar-refractivity contribution in [3.8, 4) is 22.0 Å². The summed E-state index contributed by atoms with van der Waals surface area (Å²) in [6, 6.07) is 13.5. The van der Waals surface area contributed by atoms with E-state index in [0.717, 1.165) is 16.1 Å². The first-order chi connectivity index (χ1) is 15.0. The van der Waals surface area contributed by atoms with Crippen LogP contribution in [-0.4, -0.2) is 27.9 Å². The Bertz CT molecular complexity index is 1180. The van der Waals surface area contributed by atoms with E-state index in [1.165, 1.54) is 29.6 Å². The fraction of sp³-hybridized carbons (Fsp3) is 0.182. The van der Waals surface area contributed by atoms with E-state index in [1.54, 1.807) is 6.92 Å². The monoisotopic (exact) mass is 453 g/mol. The summed E-state index contributed by atoms with van der Waals surface area (Å²) in [5.74, 6) is 0.0205.